The number of amides is 1. The number of hydrogen-bond acceptors (Lipinski definition) is 5. The Morgan fingerprint density at radius 1 is 1.28 bits per heavy atom. The van der Waals surface area contributed by atoms with Crippen LogP contribution in [0.25, 0.3) is 6.08 Å². The van der Waals surface area contributed by atoms with Crippen molar-refractivity contribution in [1.29, 1.82) is 0 Å². The monoisotopic (exact) mass is 374 g/mol. The van der Waals surface area contributed by atoms with Gasteiger partial charge in [-0.2, -0.15) is 0 Å². The summed E-state index contributed by atoms with van der Waals surface area (Å²) in [4.78, 5) is 19.0. The standard InChI is InChI=1S/C18H15ClN2O3S/c1-21-17(23)15(25-18(21)20-12-6-4-3-5-7-12)10-11-8-13(19)16(22)14(9-11)24-2/h3-10,22H,1-2H3/b15-10+,20-18?. The second kappa shape index (κ2) is 7.21. The molecule has 1 amide bonds. The van der Waals surface area contributed by atoms with Gasteiger partial charge in [0.25, 0.3) is 5.91 Å². The Morgan fingerprint density at radius 2 is 2.00 bits per heavy atom. The predicted octanol–water partition coefficient (Wildman–Crippen LogP) is 4.29. The third-order valence-corrected chi connectivity index (χ3v) is 4.90. The molecule has 0 saturated carbocycles. The van der Waals surface area contributed by atoms with Crippen LogP contribution in [0.2, 0.25) is 5.02 Å². The highest BCUT2D eigenvalue weighted by Crippen LogP contribution is 2.38. The second-order valence-electron chi connectivity index (χ2n) is 5.26. The van der Waals surface area contributed by atoms with E-state index in [1.165, 1.54) is 23.8 Å². The van der Waals surface area contributed by atoms with Crippen molar-refractivity contribution in [2.45, 2.75) is 0 Å². The highest BCUT2D eigenvalue weighted by atomic mass is 35.5. The normalized spacial score (nSPS) is 17.6. The number of hydrogen-bond donors (Lipinski definition) is 1. The van der Waals surface area contributed by atoms with Crippen LogP contribution in [0.4, 0.5) is 5.69 Å². The number of carbonyl (C=O) groups excluding carboxylic acids is 1. The van der Waals surface area contributed by atoms with E-state index in [1.54, 1.807) is 25.3 Å². The Kier molecular flexibility index (Phi) is 5.01. The van der Waals surface area contributed by atoms with Gasteiger partial charge < -0.3 is 9.84 Å². The average Bonchev–Trinajstić information content (AvgIpc) is 2.87. The largest absolute Gasteiger partial charge is 0.503 e. The van der Waals surface area contributed by atoms with Crippen molar-refractivity contribution in [2.24, 2.45) is 4.99 Å². The number of ether oxygens (including phenoxy) is 1. The number of methoxy groups -OCH3 is 1. The number of halogens is 1. The summed E-state index contributed by atoms with van der Waals surface area (Å²) in [6.45, 7) is 0. The van der Waals surface area contributed by atoms with E-state index in [-0.39, 0.29) is 22.4 Å². The van der Waals surface area contributed by atoms with Crippen LogP contribution in [0.5, 0.6) is 11.5 Å². The van der Waals surface area contributed by atoms with Crippen molar-refractivity contribution in [1.82, 2.24) is 4.90 Å². The molecule has 1 heterocycles. The van der Waals surface area contributed by atoms with Crippen LogP contribution in [0.1, 0.15) is 5.56 Å². The molecule has 1 saturated heterocycles. The summed E-state index contributed by atoms with van der Waals surface area (Å²) < 4.78 is 5.09. The molecule has 1 N–H and O–H groups in total. The van der Waals surface area contributed by atoms with Crippen molar-refractivity contribution in [3.05, 3.63) is 58.0 Å². The number of phenols is 1. The van der Waals surface area contributed by atoms with E-state index in [9.17, 15) is 9.90 Å². The lowest BCUT2D eigenvalue weighted by Crippen LogP contribution is -2.23. The van der Waals surface area contributed by atoms with Crippen LogP contribution in [-0.2, 0) is 4.79 Å². The maximum atomic E-state index is 12.5. The maximum absolute atomic E-state index is 12.5. The molecule has 0 unspecified atom stereocenters. The zero-order valence-corrected chi connectivity index (χ0v) is 15.1. The Balaban J connectivity index is 1.94. The molecule has 7 heteroatoms. The van der Waals surface area contributed by atoms with Crippen LogP contribution >= 0.6 is 23.4 Å². The number of rotatable bonds is 3. The third-order valence-electron chi connectivity index (χ3n) is 3.55. The molecular weight excluding hydrogens is 360 g/mol. The molecule has 2 aromatic carbocycles. The lowest BCUT2D eigenvalue weighted by molar-refractivity contribution is -0.121. The van der Waals surface area contributed by atoms with Gasteiger partial charge >= 0.3 is 0 Å². The van der Waals surface area contributed by atoms with Crippen LogP contribution in [-0.4, -0.2) is 35.2 Å². The van der Waals surface area contributed by atoms with E-state index in [0.717, 1.165) is 5.69 Å². The van der Waals surface area contributed by atoms with Crippen molar-refractivity contribution < 1.29 is 14.6 Å². The maximum Gasteiger partial charge on any atom is 0.266 e. The number of aliphatic imine (C=N–C) groups is 1. The Labute approximate surface area is 154 Å². The number of para-hydroxylation sites is 1. The molecule has 5 nitrogen and oxygen atoms in total. The molecule has 1 fully saturated rings. The lowest BCUT2D eigenvalue weighted by Gasteiger charge is -2.07. The number of likely N-dealkylation sites (N-methyl/N-ethyl adjacent to an activating group) is 1. The predicted molar refractivity (Wildman–Crippen MR) is 102 cm³/mol. The summed E-state index contributed by atoms with van der Waals surface area (Å²) in [6, 6.07) is 12.6. The number of thioether (sulfide) groups is 1. The summed E-state index contributed by atoms with van der Waals surface area (Å²) in [5, 5.41) is 10.6. The molecule has 2 aromatic rings. The van der Waals surface area contributed by atoms with Crippen LogP contribution in [0.15, 0.2) is 52.4 Å². The van der Waals surface area contributed by atoms with E-state index in [1.807, 2.05) is 30.3 Å². The van der Waals surface area contributed by atoms with Gasteiger partial charge in [-0.25, -0.2) is 4.99 Å². The van der Waals surface area contributed by atoms with Gasteiger partial charge in [0.2, 0.25) is 0 Å². The number of aromatic hydroxyl groups is 1. The zero-order chi connectivity index (χ0) is 18.0. The Hall–Kier alpha value is -2.44. The van der Waals surface area contributed by atoms with E-state index in [0.29, 0.717) is 15.6 Å². The van der Waals surface area contributed by atoms with Gasteiger partial charge in [-0.3, -0.25) is 9.69 Å². The first-order valence-corrected chi connectivity index (χ1v) is 8.57. The van der Waals surface area contributed by atoms with E-state index in [4.69, 9.17) is 16.3 Å². The summed E-state index contributed by atoms with van der Waals surface area (Å²) >= 11 is 7.28. The summed E-state index contributed by atoms with van der Waals surface area (Å²) in [6.07, 6.45) is 1.70. The molecule has 25 heavy (non-hydrogen) atoms. The van der Waals surface area contributed by atoms with Gasteiger partial charge in [-0.1, -0.05) is 29.8 Å². The quantitative estimate of drug-likeness (QED) is 0.814. The molecule has 0 aliphatic carbocycles. The summed E-state index contributed by atoms with van der Waals surface area (Å²) in [7, 11) is 3.12. The Morgan fingerprint density at radius 3 is 2.68 bits per heavy atom. The van der Waals surface area contributed by atoms with E-state index >= 15 is 0 Å². The molecule has 0 atom stereocenters. The minimum absolute atomic E-state index is 0.125. The second-order valence-corrected chi connectivity index (χ2v) is 6.67. The molecule has 0 aromatic heterocycles. The first-order chi connectivity index (χ1) is 12.0. The smallest absolute Gasteiger partial charge is 0.266 e. The summed E-state index contributed by atoms with van der Waals surface area (Å²) in [5.74, 6) is -0.0238. The van der Waals surface area contributed by atoms with Gasteiger partial charge in [0, 0.05) is 7.05 Å². The number of phenolic OH excluding ortho intramolecular Hbond substituents is 1. The van der Waals surface area contributed by atoms with Crippen LogP contribution < -0.4 is 4.74 Å². The SMILES string of the molecule is COc1cc(/C=C2/SC(=Nc3ccccc3)N(C)C2=O)cc(Cl)c1O. The minimum atomic E-state index is -0.150. The third kappa shape index (κ3) is 3.65. The number of benzene rings is 2. The minimum Gasteiger partial charge on any atom is -0.503 e. The Bertz CT molecular complexity index is 881. The van der Waals surface area contributed by atoms with E-state index < -0.39 is 0 Å². The molecule has 3 rings (SSSR count). The van der Waals surface area contributed by atoms with E-state index in [2.05, 4.69) is 4.99 Å². The highest BCUT2D eigenvalue weighted by Gasteiger charge is 2.30. The summed E-state index contributed by atoms with van der Waals surface area (Å²) in [5.41, 5.74) is 1.44. The molecule has 0 radical (unpaired) electrons. The van der Waals surface area contributed by atoms with Gasteiger partial charge in [-0.05, 0) is 47.7 Å². The lowest BCUT2D eigenvalue weighted by atomic mass is 10.2. The topological polar surface area (TPSA) is 62.1 Å². The van der Waals surface area contributed by atoms with Crippen molar-refractivity contribution in [2.75, 3.05) is 14.2 Å². The molecule has 1 aliphatic heterocycles. The number of carbonyl (C=O) groups is 1. The van der Waals surface area contributed by atoms with Gasteiger partial charge in [-0.15, -0.1) is 0 Å². The number of nitrogens with zero attached hydrogens (tertiary/aromatic N) is 2. The van der Waals surface area contributed by atoms with Crippen LogP contribution in [0.3, 0.4) is 0 Å². The van der Waals surface area contributed by atoms with Gasteiger partial charge in [0.05, 0.1) is 22.7 Å². The molecule has 0 bridgehead atoms. The average molecular weight is 375 g/mol. The van der Waals surface area contributed by atoms with Gasteiger partial charge in [0.15, 0.2) is 16.7 Å². The van der Waals surface area contributed by atoms with Gasteiger partial charge in [0.1, 0.15) is 0 Å². The zero-order valence-electron chi connectivity index (χ0n) is 13.6. The fourth-order valence-corrected chi connectivity index (χ4v) is 3.45. The first-order valence-electron chi connectivity index (χ1n) is 7.37. The molecule has 1 aliphatic rings. The fraction of sp³-hybridized carbons (Fsp3) is 0.111. The molecule has 128 valence electrons. The molecule has 0 spiro atoms. The van der Waals surface area contributed by atoms with Crippen LogP contribution in [0, 0.1) is 0 Å². The first kappa shape index (κ1) is 17.4. The van der Waals surface area contributed by atoms with Crippen molar-refractivity contribution in [3.8, 4) is 11.5 Å². The highest BCUT2D eigenvalue weighted by molar-refractivity contribution is 8.18. The number of amidine groups is 1. The van der Waals surface area contributed by atoms with Crippen molar-refractivity contribution in [3.63, 3.8) is 0 Å². The van der Waals surface area contributed by atoms with Crippen molar-refractivity contribution >= 4 is 46.2 Å². The fourth-order valence-electron chi connectivity index (χ4n) is 2.25. The molecular formula is C18H15ClN2O3S.